The van der Waals surface area contributed by atoms with Crippen molar-refractivity contribution in [2.75, 3.05) is 13.2 Å². The molecule has 1 aliphatic carbocycles. The van der Waals surface area contributed by atoms with E-state index in [4.69, 9.17) is 9.72 Å². The van der Waals surface area contributed by atoms with Gasteiger partial charge in [-0.1, -0.05) is 42.5 Å². The zero-order chi connectivity index (χ0) is 19.8. The highest BCUT2D eigenvalue weighted by atomic mass is 16.5. The second-order valence-corrected chi connectivity index (χ2v) is 7.69. The minimum atomic E-state index is -0.424. The van der Waals surface area contributed by atoms with Gasteiger partial charge >= 0.3 is 5.97 Å². The fourth-order valence-electron chi connectivity index (χ4n) is 4.44. The van der Waals surface area contributed by atoms with E-state index in [-0.39, 0.29) is 12.5 Å². The number of fused-ring (bicyclic) bond motifs is 3. The summed E-state index contributed by atoms with van der Waals surface area (Å²) in [5.74, 6) is -0.574. The fourth-order valence-corrected chi connectivity index (χ4v) is 4.44. The molecule has 5 heteroatoms. The van der Waals surface area contributed by atoms with E-state index in [1.807, 2.05) is 42.5 Å². The van der Waals surface area contributed by atoms with Gasteiger partial charge in [0.25, 0.3) is 5.91 Å². The number of carbonyl (C=O) groups excluding carboxylic acids is 2. The van der Waals surface area contributed by atoms with Crippen LogP contribution in [-0.4, -0.2) is 34.9 Å². The van der Waals surface area contributed by atoms with Crippen molar-refractivity contribution in [3.63, 3.8) is 0 Å². The Morgan fingerprint density at radius 3 is 2.66 bits per heavy atom. The average Bonchev–Trinajstić information content (AvgIpc) is 3.23. The third-order valence-electron chi connectivity index (χ3n) is 5.93. The molecule has 0 spiro atoms. The predicted octanol–water partition coefficient (Wildman–Crippen LogP) is 3.47. The summed E-state index contributed by atoms with van der Waals surface area (Å²) >= 11 is 0. The van der Waals surface area contributed by atoms with Crippen molar-refractivity contribution >= 4 is 22.8 Å². The summed E-state index contributed by atoms with van der Waals surface area (Å²) in [6.07, 6.45) is 3.53. The summed E-state index contributed by atoms with van der Waals surface area (Å²) in [5.41, 5.74) is 5.80. The number of benzene rings is 2. The highest BCUT2D eigenvalue weighted by Gasteiger charge is 2.26. The molecule has 0 N–H and O–H groups in total. The van der Waals surface area contributed by atoms with Crippen molar-refractivity contribution < 1.29 is 14.3 Å². The van der Waals surface area contributed by atoms with E-state index in [0.29, 0.717) is 18.7 Å². The zero-order valence-corrected chi connectivity index (χ0v) is 16.2. The van der Waals surface area contributed by atoms with Crippen LogP contribution in [0.4, 0.5) is 0 Å². The quantitative estimate of drug-likeness (QED) is 0.647. The topological polar surface area (TPSA) is 59.5 Å². The lowest BCUT2D eigenvalue weighted by Crippen LogP contribution is -2.38. The molecule has 146 valence electrons. The molecule has 2 heterocycles. The normalized spacial score (nSPS) is 15.1. The van der Waals surface area contributed by atoms with Crippen LogP contribution in [0.15, 0.2) is 48.5 Å². The standard InChI is InChI=1S/C24H22N2O3/c27-22(26-13-12-16-6-1-2-7-17(16)14-26)15-29-24(28)23-18-8-3-4-10-20(18)25-21-11-5-9-19(21)23/h1-4,6-8,10H,5,9,11-15H2. The first-order valence-electron chi connectivity index (χ1n) is 10.1. The third-order valence-corrected chi connectivity index (χ3v) is 5.93. The summed E-state index contributed by atoms with van der Waals surface area (Å²) < 4.78 is 5.51. The molecule has 3 aromatic rings. The van der Waals surface area contributed by atoms with Crippen LogP contribution < -0.4 is 0 Å². The first-order chi connectivity index (χ1) is 14.2. The molecule has 0 atom stereocenters. The molecule has 0 radical (unpaired) electrons. The SMILES string of the molecule is O=C(OCC(=O)N1CCc2ccccc2C1)c1c2c(nc3ccccc13)CCC2. The Balaban J connectivity index is 1.34. The van der Waals surface area contributed by atoms with Gasteiger partial charge in [0.15, 0.2) is 6.61 Å². The lowest BCUT2D eigenvalue weighted by atomic mass is 10.00. The Bertz CT molecular complexity index is 1120. The second kappa shape index (κ2) is 7.32. The maximum absolute atomic E-state index is 13.0. The van der Waals surface area contributed by atoms with E-state index in [9.17, 15) is 9.59 Å². The number of para-hydroxylation sites is 1. The smallest absolute Gasteiger partial charge is 0.339 e. The van der Waals surface area contributed by atoms with Crippen LogP contribution in [-0.2, 0) is 35.3 Å². The molecule has 1 aliphatic heterocycles. The number of esters is 1. The van der Waals surface area contributed by atoms with Crippen molar-refractivity contribution in [1.82, 2.24) is 9.88 Å². The molecular weight excluding hydrogens is 364 g/mol. The molecule has 0 bridgehead atoms. The minimum Gasteiger partial charge on any atom is -0.452 e. The highest BCUT2D eigenvalue weighted by molar-refractivity contribution is 6.05. The van der Waals surface area contributed by atoms with Crippen LogP contribution in [0.3, 0.4) is 0 Å². The molecule has 1 amide bonds. The Kier molecular flexibility index (Phi) is 4.51. The van der Waals surface area contributed by atoms with E-state index in [1.54, 1.807) is 4.90 Å². The van der Waals surface area contributed by atoms with Crippen molar-refractivity contribution in [3.05, 3.63) is 76.5 Å². The molecule has 1 aromatic heterocycles. The number of pyridine rings is 1. The predicted molar refractivity (Wildman–Crippen MR) is 110 cm³/mol. The largest absolute Gasteiger partial charge is 0.452 e. The van der Waals surface area contributed by atoms with Gasteiger partial charge in [0.2, 0.25) is 0 Å². The molecule has 5 rings (SSSR count). The number of aromatic nitrogens is 1. The van der Waals surface area contributed by atoms with Gasteiger partial charge in [-0.2, -0.15) is 0 Å². The van der Waals surface area contributed by atoms with Gasteiger partial charge in [-0.05, 0) is 48.4 Å². The van der Waals surface area contributed by atoms with Crippen molar-refractivity contribution in [1.29, 1.82) is 0 Å². The molecule has 2 aliphatic rings. The van der Waals surface area contributed by atoms with Crippen molar-refractivity contribution in [3.8, 4) is 0 Å². The lowest BCUT2D eigenvalue weighted by molar-refractivity contribution is -0.135. The fraction of sp³-hybridized carbons (Fsp3) is 0.292. The summed E-state index contributed by atoms with van der Waals surface area (Å²) in [6, 6.07) is 15.8. The maximum atomic E-state index is 13.0. The van der Waals surface area contributed by atoms with E-state index >= 15 is 0 Å². The van der Waals surface area contributed by atoms with E-state index in [1.165, 1.54) is 5.56 Å². The maximum Gasteiger partial charge on any atom is 0.339 e. The highest BCUT2D eigenvalue weighted by Crippen LogP contribution is 2.30. The Labute approximate surface area is 169 Å². The van der Waals surface area contributed by atoms with E-state index in [2.05, 4.69) is 6.07 Å². The molecule has 0 unspecified atom stereocenters. The number of amides is 1. The van der Waals surface area contributed by atoms with Crippen LogP contribution in [0.1, 0.15) is 39.2 Å². The van der Waals surface area contributed by atoms with Crippen LogP contribution in [0.5, 0.6) is 0 Å². The van der Waals surface area contributed by atoms with Crippen LogP contribution in [0.2, 0.25) is 0 Å². The molecular formula is C24H22N2O3. The molecule has 0 saturated heterocycles. The average molecular weight is 386 g/mol. The van der Waals surface area contributed by atoms with Gasteiger partial charge in [0.1, 0.15) is 0 Å². The number of nitrogens with zero attached hydrogens (tertiary/aromatic N) is 2. The number of carbonyl (C=O) groups is 2. The van der Waals surface area contributed by atoms with Crippen molar-refractivity contribution in [2.45, 2.75) is 32.2 Å². The van der Waals surface area contributed by atoms with E-state index < -0.39 is 5.97 Å². The first-order valence-corrected chi connectivity index (χ1v) is 10.1. The number of rotatable bonds is 3. The lowest BCUT2D eigenvalue weighted by Gasteiger charge is -2.28. The molecule has 29 heavy (non-hydrogen) atoms. The van der Waals surface area contributed by atoms with Gasteiger partial charge < -0.3 is 9.64 Å². The number of hydrogen-bond donors (Lipinski definition) is 0. The second-order valence-electron chi connectivity index (χ2n) is 7.69. The molecule has 0 saturated carbocycles. The zero-order valence-electron chi connectivity index (χ0n) is 16.2. The Morgan fingerprint density at radius 1 is 0.966 bits per heavy atom. The monoisotopic (exact) mass is 386 g/mol. The van der Waals surface area contributed by atoms with E-state index in [0.717, 1.165) is 53.4 Å². The minimum absolute atomic E-state index is 0.150. The van der Waals surface area contributed by atoms with Crippen LogP contribution in [0, 0.1) is 0 Å². The molecule has 0 fully saturated rings. The van der Waals surface area contributed by atoms with Gasteiger partial charge in [0.05, 0.1) is 11.1 Å². The van der Waals surface area contributed by atoms with Crippen LogP contribution in [0.25, 0.3) is 10.9 Å². The van der Waals surface area contributed by atoms with Gasteiger partial charge in [-0.15, -0.1) is 0 Å². The van der Waals surface area contributed by atoms with Gasteiger partial charge in [-0.25, -0.2) is 4.79 Å². The van der Waals surface area contributed by atoms with Gasteiger partial charge in [-0.3, -0.25) is 9.78 Å². The summed E-state index contributed by atoms with van der Waals surface area (Å²) in [4.78, 5) is 32.1. The molecule has 5 nitrogen and oxygen atoms in total. The van der Waals surface area contributed by atoms with Gasteiger partial charge in [0, 0.05) is 24.2 Å². The summed E-state index contributed by atoms with van der Waals surface area (Å²) in [5, 5.41) is 0.803. The Morgan fingerprint density at radius 2 is 1.76 bits per heavy atom. The number of hydrogen-bond acceptors (Lipinski definition) is 4. The summed E-state index contributed by atoms with van der Waals surface area (Å²) in [6.45, 7) is 0.994. The first kappa shape index (κ1) is 17.9. The van der Waals surface area contributed by atoms with Crippen LogP contribution >= 0.6 is 0 Å². The molecule has 2 aromatic carbocycles. The Hall–Kier alpha value is -3.21. The number of aryl methyl sites for hydroxylation is 1. The third kappa shape index (κ3) is 3.27. The summed E-state index contributed by atoms with van der Waals surface area (Å²) in [7, 11) is 0. The number of ether oxygens (including phenoxy) is 1. The van der Waals surface area contributed by atoms with Crippen molar-refractivity contribution in [2.24, 2.45) is 0 Å².